The summed E-state index contributed by atoms with van der Waals surface area (Å²) >= 11 is 0. The van der Waals surface area contributed by atoms with E-state index in [1.54, 1.807) is 37.6 Å². The van der Waals surface area contributed by atoms with Crippen molar-refractivity contribution in [1.82, 2.24) is 15.0 Å². The topological polar surface area (TPSA) is 74.2 Å². The standard InChI is InChI=1S/C19H25N3O3/c1-13(2)24-18-8-7-17(12-20-18)25-19-21-10-16(11-22-19)6-5-14(3)9-15(4)23/h7-8,10-14H,5-6,9H2,1-4H3. The molecule has 6 nitrogen and oxygen atoms in total. The highest BCUT2D eigenvalue weighted by atomic mass is 16.5. The van der Waals surface area contributed by atoms with Crippen LogP contribution in [0.4, 0.5) is 0 Å². The smallest absolute Gasteiger partial charge is 0.321 e. The molecule has 2 aromatic heterocycles. The van der Waals surface area contributed by atoms with E-state index in [0.29, 0.717) is 24.0 Å². The van der Waals surface area contributed by atoms with Gasteiger partial charge in [-0.05, 0) is 51.2 Å². The molecule has 0 radical (unpaired) electrons. The fourth-order valence-electron chi connectivity index (χ4n) is 2.37. The summed E-state index contributed by atoms with van der Waals surface area (Å²) in [6, 6.07) is 3.80. The maximum absolute atomic E-state index is 11.1. The third-order valence-corrected chi connectivity index (χ3v) is 3.52. The minimum Gasteiger partial charge on any atom is -0.475 e. The minimum atomic E-state index is 0.0771. The molecule has 0 aliphatic heterocycles. The summed E-state index contributed by atoms with van der Waals surface area (Å²) in [5, 5.41) is 0. The van der Waals surface area contributed by atoms with Crippen molar-refractivity contribution in [3.8, 4) is 17.6 Å². The molecule has 0 saturated heterocycles. The van der Waals surface area contributed by atoms with Crippen molar-refractivity contribution in [3.63, 3.8) is 0 Å². The van der Waals surface area contributed by atoms with Crippen molar-refractivity contribution < 1.29 is 14.3 Å². The Morgan fingerprint density at radius 3 is 2.36 bits per heavy atom. The van der Waals surface area contributed by atoms with E-state index in [4.69, 9.17) is 9.47 Å². The minimum absolute atomic E-state index is 0.0771. The Morgan fingerprint density at radius 1 is 1.08 bits per heavy atom. The molecule has 0 N–H and O–H groups in total. The molecular formula is C19H25N3O3. The van der Waals surface area contributed by atoms with Crippen molar-refractivity contribution in [3.05, 3.63) is 36.3 Å². The SMILES string of the molecule is CC(=O)CC(C)CCc1cnc(Oc2ccc(OC(C)C)nc2)nc1. The predicted molar refractivity (Wildman–Crippen MR) is 94.9 cm³/mol. The molecule has 0 spiro atoms. The van der Waals surface area contributed by atoms with Gasteiger partial charge in [0.05, 0.1) is 12.3 Å². The number of ether oxygens (including phenoxy) is 2. The molecule has 1 atom stereocenters. The van der Waals surface area contributed by atoms with Gasteiger partial charge in [0.1, 0.15) is 11.5 Å². The van der Waals surface area contributed by atoms with Crippen LogP contribution < -0.4 is 9.47 Å². The van der Waals surface area contributed by atoms with Gasteiger partial charge in [-0.15, -0.1) is 0 Å². The monoisotopic (exact) mass is 343 g/mol. The Morgan fingerprint density at radius 2 is 1.80 bits per heavy atom. The van der Waals surface area contributed by atoms with E-state index in [1.165, 1.54) is 0 Å². The number of rotatable bonds is 9. The van der Waals surface area contributed by atoms with Gasteiger partial charge >= 0.3 is 6.01 Å². The first-order valence-corrected chi connectivity index (χ1v) is 8.53. The van der Waals surface area contributed by atoms with Crippen LogP contribution in [-0.4, -0.2) is 26.8 Å². The van der Waals surface area contributed by atoms with E-state index in [1.807, 2.05) is 13.8 Å². The van der Waals surface area contributed by atoms with Crippen LogP contribution >= 0.6 is 0 Å². The first kappa shape index (κ1) is 18.8. The number of carbonyl (C=O) groups is 1. The number of Topliss-reactive ketones (excluding diaryl/α,β-unsaturated/α-hetero) is 1. The number of aryl methyl sites for hydroxylation is 1. The van der Waals surface area contributed by atoms with Gasteiger partial charge in [0.25, 0.3) is 0 Å². The Kier molecular flexibility index (Phi) is 6.86. The zero-order chi connectivity index (χ0) is 18.2. The Labute approximate surface area is 148 Å². The van der Waals surface area contributed by atoms with Gasteiger partial charge in [-0.2, -0.15) is 0 Å². The summed E-state index contributed by atoms with van der Waals surface area (Å²) in [7, 11) is 0. The largest absolute Gasteiger partial charge is 0.475 e. The van der Waals surface area contributed by atoms with Gasteiger partial charge in [-0.3, -0.25) is 0 Å². The van der Waals surface area contributed by atoms with Crippen molar-refractivity contribution in [1.29, 1.82) is 0 Å². The Hall–Kier alpha value is -2.50. The van der Waals surface area contributed by atoms with E-state index < -0.39 is 0 Å². The third kappa shape index (κ3) is 6.87. The zero-order valence-corrected chi connectivity index (χ0v) is 15.2. The van der Waals surface area contributed by atoms with Crippen molar-refractivity contribution in [2.45, 2.75) is 53.1 Å². The highest BCUT2D eigenvalue weighted by Gasteiger charge is 2.07. The van der Waals surface area contributed by atoms with Gasteiger partial charge in [-0.25, -0.2) is 15.0 Å². The number of ketones is 1. The van der Waals surface area contributed by atoms with Gasteiger partial charge in [0.15, 0.2) is 0 Å². The van der Waals surface area contributed by atoms with Crippen LogP contribution in [0.15, 0.2) is 30.7 Å². The molecule has 134 valence electrons. The van der Waals surface area contributed by atoms with Crippen molar-refractivity contribution >= 4 is 5.78 Å². The zero-order valence-electron chi connectivity index (χ0n) is 15.2. The molecule has 1 unspecified atom stereocenters. The summed E-state index contributed by atoms with van der Waals surface area (Å²) in [5.41, 5.74) is 1.03. The lowest BCUT2D eigenvalue weighted by Crippen LogP contribution is -2.06. The maximum Gasteiger partial charge on any atom is 0.321 e. The average Bonchev–Trinajstić information content (AvgIpc) is 2.55. The van der Waals surface area contributed by atoms with Gasteiger partial charge < -0.3 is 14.3 Å². The number of hydrogen-bond donors (Lipinski definition) is 0. The van der Waals surface area contributed by atoms with Crippen LogP contribution in [0.1, 0.15) is 46.1 Å². The molecule has 2 rings (SSSR count). The molecule has 2 aromatic rings. The fraction of sp³-hybridized carbons (Fsp3) is 0.474. The highest BCUT2D eigenvalue weighted by molar-refractivity contribution is 5.75. The molecule has 0 amide bonds. The molecular weight excluding hydrogens is 318 g/mol. The van der Waals surface area contributed by atoms with E-state index in [0.717, 1.165) is 18.4 Å². The molecule has 0 saturated carbocycles. The number of pyridine rings is 1. The fourth-order valence-corrected chi connectivity index (χ4v) is 2.37. The molecule has 0 aliphatic rings. The maximum atomic E-state index is 11.1. The van der Waals surface area contributed by atoms with Crippen LogP contribution in [0.2, 0.25) is 0 Å². The second-order valence-electron chi connectivity index (χ2n) is 6.52. The van der Waals surface area contributed by atoms with Crippen LogP contribution in [-0.2, 0) is 11.2 Å². The molecule has 0 aliphatic carbocycles. The third-order valence-electron chi connectivity index (χ3n) is 3.52. The molecule has 2 heterocycles. The molecule has 6 heteroatoms. The van der Waals surface area contributed by atoms with Gasteiger partial charge in [-0.1, -0.05) is 6.92 Å². The van der Waals surface area contributed by atoms with E-state index in [2.05, 4.69) is 21.9 Å². The summed E-state index contributed by atoms with van der Waals surface area (Å²) < 4.78 is 11.1. The average molecular weight is 343 g/mol. The lowest BCUT2D eigenvalue weighted by Gasteiger charge is -2.10. The molecule has 0 fully saturated rings. The highest BCUT2D eigenvalue weighted by Crippen LogP contribution is 2.20. The summed E-state index contributed by atoms with van der Waals surface area (Å²) in [5.74, 6) is 1.70. The van der Waals surface area contributed by atoms with Crippen LogP contribution in [0.5, 0.6) is 17.6 Å². The summed E-state index contributed by atoms with van der Waals surface area (Å²) in [4.78, 5) is 23.7. The van der Waals surface area contributed by atoms with Crippen molar-refractivity contribution in [2.24, 2.45) is 5.92 Å². The van der Waals surface area contributed by atoms with E-state index >= 15 is 0 Å². The number of aromatic nitrogens is 3. The van der Waals surface area contributed by atoms with Gasteiger partial charge in [0.2, 0.25) is 5.88 Å². The molecule has 0 aromatic carbocycles. The second-order valence-corrected chi connectivity index (χ2v) is 6.52. The number of carbonyl (C=O) groups excluding carboxylic acids is 1. The first-order valence-electron chi connectivity index (χ1n) is 8.53. The molecule has 25 heavy (non-hydrogen) atoms. The van der Waals surface area contributed by atoms with E-state index in [-0.39, 0.29) is 17.9 Å². The Balaban J connectivity index is 1.86. The van der Waals surface area contributed by atoms with Crippen molar-refractivity contribution in [2.75, 3.05) is 0 Å². The first-order chi connectivity index (χ1) is 11.9. The van der Waals surface area contributed by atoms with Gasteiger partial charge in [0, 0.05) is 24.9 Å². The van der Waals surface area contributed by atoms with Crippen LogP contribution in [0, 0.1) is 5.92 Å². The molecule has 0 bridgehead atoms. The normalized spacial score (nSPS) is 12.0. The number of nitrogens with zero attached hydrogens (tertiary/aromatic N) is 3. The lowest BCUT2D eigenvalue weighted by atomic mass is 9.98. The van der Waals surface area contributed by atoms with E-state index in [9.17, 15) is 4.79 Å². The quantitative estimate of drug-likeness (QED) is 0.685. The summed E-state index contributed by atoms with van der Waals surface area (Å²) in [6.07, 6.45) is 7.57. The number of hydrogen-bond acceptors (Lipinski definition) is 6. The summed E-state index contributed by atoms with van der Waals surface area (Å²) in [6.45, 7) is 7.60. The predicted octanol–water partition coefficient (Wildman–Crippen LogP) is 4.00. The Bertz CT molecular complexity index is 669. The lowest BCUT2D eigenvalue weighted by molar-refractivity contribution is -0.117. The van der Waals surface area contributed by atoms with Crippen LogP contribution in [0.25, 0.3) is 0 Å². The second kappa shape index (κ2) is 9.11. The van der Waals surface area contributed by atoms with Crippen LogP contribution in [0.3, 0.4) is 0 Å².